The molecule has 4 saturated carbocycles. The first-order valence-electron chi connectivity index (χ1n) is 6.95. The molecule has 4 fully saturated rings. The van der Waals surface area contributed by atoms with E-state index in [1.165, 1.54) is 0 Å². The van der Waals surface area contributed by atoms with Crippen molar-refractivity contribution in [1.29, 1.82) is 0 Å². The van der Waals surface area contributed by atoms with Gasteiger partial charge < -0.3 is 20.4 Å². The van der Waals surface area contributed by atoms with Crippen molar-refractivity contribution in [2.45, 2.75) is 38.5 Å². The van der Waals surface area contributed by atoms with Gasteiger partial charge in [-0.3, -0.25) is 19.2 Å². The zero-order chi connectivity index (χ0) is 16.6. The quantitative estimate of drug-likeness (QED) is 0.591. The molecule has 0 atom stereocenters. The van der Waals surface area contributed by atoms with Gasteiger partial charge in [0, 0.05) is 0 Å². The van der Waals surface area contributed by atoms with Crippen molar-refractivity contribution in [2.75, 3.05) is 0 Å². The Kier molecular flexibility index (Phi) is 2.55. The third-order valence-corrected chi connectivity index (χ3v) is 5.88. The van der Waals surface area contributed by atoms with Crippen LogP contribution in [0, 0.1) is 21.7 Å². The van der Waals surface area contributed by atoms with Crippen LogP contribution in [0.5, 0.6) is 0 Å². The van der Waals surface area contributed by atoms with E-state index in [2.05, 4.69) is 0 Å². The Hall–Kier alpha value is -2.12. The molecule has 120 valence electrons. The Bertz CT molecular complexity index is 477. The molecule has 4 aliphatic rings. The van der Waals surface area contributed by atoms with E-state index in [9.17, 15) is 39.6 Å². The Labute approximate surface area is 124 Å². The summed E-state index contributed by atoms with van der Waals surface area (Å²) in [4.78, 5) is 47.1. The Morgan fingerprint density at radius 3 is 0.682 bits per heavy atom. The molecule has 0 aromatic carbocycles. The average Bonchev–Trinajstić information content (AvgIpc) is 2.36. The van der Waals surface area contributed by atoms with Crippen LogP contribution in [0.15, 0.2) is 0 Å². The van der Waals surface area contributed by atoms with E-state index in [1.54, 1.807) is 0 Å². The van der Waals surface area contributed by atoms with Crippen molar-refractivity contribution in [2.24, 2.45) is 21.7 Å². The van der Waals surface area contributed by atoms with Gasteiger partial charge in [0.2, 0.25) is 0 Å². The second kappa shape index (κ2) is 3.80. The maximum Gasteiger partial charge on any atom is 0.309 e. The molecular formula is C14H16O8. The molecule has 0 unspecified atom stereocenters. The minimum Gasteiger partial charge on any atom is -0.481 e. The molecule has 0 radical (unpaired) electrons. The average molecular weight is 312 g/mol. The van der Waals surface area contributed by atoms with E-state index in [1.807, 2.05) is 0 Å². The van der Waals surface area contributed by atoms with E-state index >= 15 is 0 Å². The Morgan fingerprint density at radius 2 is 0.591 bits per heavy atom. The predicted octanol–water partition coefficient (Wildman–Crippen LogP) is 0.652. The first-order valence-corrected chi connectivity index (χ1v) is 6.95. The fraction of sp³-hybridized carbons (Fsp3) is 0.714. The van der Waals surface area contributed by atoms with Gasteiger partial charge in [0.15, 0.2) is 0 Å². The highest BCUT2D eigenvalue weighted by molar-refractivity contribution is 5.90. The van der Waals surface area contributed by atoms with Gasteiger partial charge in [-0.25, -0.2) is 0 Å². The first-order chi connectivity index (χ1) is 10.0. The largest absolute Gasteiger partial charge is 0.481 e. The summed E-state index contributed by atoms with van der Waals surface area (Å²) in [6, 6.07) is 0. The highest BCUT2D eigenvalue weighted by atomic mass is 16.4. The molecule has 0 aromatic heterocycles. The number of carboxylic acid groups (broad SMARTS) is 4. The van der Waals surface area contributed by atoms with E-state index < -0.39 is 45.5 Å². The first kappa shape index (κ1) is 14.8. The summed E-state index contributed by atoms with van der Waals surface area (Å²) < 4.78 is 0. The lowest BCUT2D eigenvalue weighted by molar-refractivity contribution is -0.229. The van der Waals surface area contributed by atoms with Gasteiger partial charge in [-0.05, 0) is 38.5 Å². The van der Waals surface area contributed by atoms with Crippen LogP contribution in [-0.4, -0.2) is 44.3 Å². The topological polar surface area (TPSA) is 149 Å². The van der Waals surface area contributed by atoms with E-state index in [4.69, 9.17) is 0 Å². The van der Waals surface area contributed by atoms with Crippen molar-refractivity contribution >= 4 is 23.9 Å². The number of aliphatic carboxylic acids is 4. The lowest BCUT2D eigenvalue weighted by Gasteiger charge is -2.65. The molecule has 4 N–H and O–H groups in total. The summed E-state index contributed by atoms with van der Waals surface area (Å²) in [5.41, 5.74) is -6.37. The standard InChI is InChI=1S/C14H16O8/c15-7(16)11-1-12(8(17)18)4-13(2-11,9(19)20)6-14(3-11,5-12)10(21)22/h1-6H2,(H,15,16)(H,17,18)(H,19,20)(H,21,22). The SMILES string of the molecule is O=C(O)C12CC3(C(=O)O)CC(C(=O)O)(C1)CC(C(=O)O)(C2)C3. The fourth-order valence-corrected chi connectivity index (χ4v) is 5.54. The monoisotopic (exact) mass is 312 g/mol. The molecule has 4 rings (SSSR count). The van der Waals surface area contributed by atoms with E-state index in [0.717, 1.165) is 0 Å². The summed E-state index contributed by atoms with van der Waals surface area (Å²) in [7, 11) is 0. The number of hydrogen-bond acceptors (Lipinski definition) is 4. The minimum absolute atomic E-state index is 0.200. The summed E-state index contributed by atoms with van der Waals surface area (Å²) in [5, 5.41) is 38.4. The van der Waals surface area contributed by atoms with Gasteiger partial charge in [-0.1, -0.05) is 0 Å². The molecule has 0 saturated heterocycles. The smallest absolute Gasteiger partial charge is 0.309 e. The normalized spacial score (nSPS) is 45.5. The molecule has 0 amide bonds. The van der Waals surface area contributed by atoms with Crippen LogP contribution in [-0.2, 0) is 19.2 Å². The van der Waals surface area contributed by atoms with Crippen LogP contribution < -0.4 is 0 Å². The molecule has 0 aliphatic heterocycles. The van der Waals surface area contributed by atoms with Gasteiger partial charge in [0.25, 0.3) is 0 Å². The van der Waals surface area contributed by atoms with Crippen molar-refractivity contribution in [1.82, 2.24) is 0 Å². The fourth-order valence-electron chi connectivity index (χ4n) is 5.54. The van der Waals surface area contributed by atoms with E-state index in [0.29, 0.717) is 0 Å². The van der Waals surface area contributed by atoms with Crippen LogP contribution in [0.4, 0.5) is 0 Å². The van der Waals surface area contributed by atoms with Gasteiger partial charge >= 0.3 is 23.9 Å². The van der Waals surface area contributed by atoms with E-state index in [-0.39, 0.29) is 38.5 Å². The van der Waals surface area contributed by atoms with Gasteiger partial charge in [-0.2, -0.15) is 0 Å². The lowest BCUT2D eigenvalue weighted by atomic mass is 9.35. The lowest BCUT2D eigenvalue weighted by Crippen LogP contribution is -2.68. The van der Waals surface area contributed by atoms with Crippen LogP contribution >= 0.6 is 0 Å². The zero-order valence-corrected chi connectivity index (χ0v) is 11.7. The van der Waals surface area contributed by atoms with Crippen molar-refractivity contribution in [3.8, 4) is 0 Å². The van der Waals surface area contributed by atoms with Gasteiger partial charge in [0.05, 0.1) is 21.7 Å². The molecular weight excluding hydrogens is 296 g/mol. The second-order valence-electron chi connectivity index (χ2n) is 7.40. The van der Waals surface area contributed by atoms with Gasteiger partial charge in [0.1, 0.15) is 0 Å². The Balaban J connectivity index is 2.26. The third-order valence-electron chi connectivity index (χ3n) is 5.88. The zero-order valence-electron chi connectivity index (χ0n) is 11.7. The number of carboxylic acids is 4. The summed E-state index contributed by atoms with van der Waals surface area (Å²) >= 11 is 0. The van der Waals surface area contributed by atoms with Crippen LogP contribution in [0.1, 0.15) is 38.5 Å². The molecule has 0 heterocycles. The van der Waals surface area contributed by atoms with Crippen molar-refractivity contribution in [3.05, 3.63) is 0 Å². The molecule has 8 nitrogen and oxygen atoms in total. The molecule has 8 heteroatoms. The summed E-state index contributed by atoms with van der Waals surface area (Å²) in [5.74, 6) is -5.19. The third kappa shape index (κ3) is 1.52. The maximum atomic E-state index is 11.8. The molecule has 22 heavy (non-hydrogen) atoms. The highest BCUT2D eigenvalue weighted by Crippen LogP contribution is 2.74. The van der Waals surface area contributed by atoms with Crippen LogP contribution in [0.3, 0.4) is 0 Å². The molecule has 4 bridgehead atoms. The molecule has 0 aromatic rings. The summed E-state index contributed by atoms with van der Waals surface area (Å²) in [6.45, 7) is 0. The van der Waals surface area contributed by atoms with Crippen LogP contribution in [0.2, 0.25) is 0 Å². The van der Waals surface area contributed by atoms with Crippen LogP contribution in [0.25, 0.3) is 0 Å². The number of hydrogen-bond donors (Lipinski definition) is 4. The Morgan fingerprint density at radius 1 is 0.455 bits per heavy atom. The van der Waals surface area contributed by atoms with Crippen molar-refractivity contribution < 1.29 is 39.6 Å². The summed E-state index contributed by atoms with van der Waals surface area (Å²) in [6.07, 6.45) is -1.20. The predicted molar refractivity (Wildman–Crippen MR) is 68.0 cm³/mol. The second-order valence-corrected chi connectivity index (χ2v) is 7.40. The molecule has 0 spiro atoms. The minimum atomic E-state index is -1.59. The highest BCUT2D eigenvalue weighted by Gasteiger charge is 2.76. The van der Waals surface area contributed by atoms with Crippen molar-refractivity contribution in [3.63, 3.8) is 0 Å². The molecule has 4 aliphatic carbocycles. The van der Waals surface area contributed by atoms with Gasteiger partial charge in [-0.15, -0.1) is 0 Å². The number of carbonyl (C=O) groups is 4. The number of rotatable bonds is 4. The maximum absolute atomic E-state index is 11.8.